The van der Waals surface area contributed by atoms with E-state index in [4.69, 9.17) is 9.47 Å². The van der Waals surface area contributed by atoms with Crippen LogP contribution in [0.4, 0.5) is 5.69 Å². The highest BCUT2D eigenvalue weighted by atomic mass is 16.6. The molecule has 0 N–H and O–H groups in total. The van der Waals surface area contributed by atoms with Crippen molar-refractivity contribution in [3.05, 3.63) is 57.9 Å². The molecule has 2 aromatic rings. The lowest BCUT2D eigenvalue weighted by Crippen LogP contribution is -2.32. The molecular formula is C19H21N3O6. The van der Waals surface area contributed by atoms with Crippen LogP contribution in [-0.4, -0.2) is 39.4 Å². The first-order valence-corrected chi connectivity index (χ1v) is 9.16. The van der Waals surface area contributed by atoms with E-state index in [1.54, 1.807) is 17.8 Å². The van der Waals surface area contributed by atoms with Gasteiger partial charge < -0.3 is 9.47 Å². The Labute approximate surface area is 161 Å². The van der Waals surface area contributed by atoms with Crippen LogP contribution in [0.1, 0.15) is 59.4 Å². The second kappa shape index (κ2) is 8.64. The molecule has 2 atom stereocenters. The van der Waals surface area contributed by atoms with Gasteiger partial charge in [0.25, 0.3) is 5.69 Å². The predicted octanol–water partition coefficient (Wildman–Crippen LogP) is 3.31. The summed E-state index contributed by atoms with van der Waals surface area (Å²) in [6.45, 7) is 2.01. The van der Waals surface area contributed by atoms with E-state index in [9.17, 15) is 19.7 Å². The number of hydrogen-bond acceptors (Lipinski definition) is 7. The number of benzene rings is 1. The molecular weight excluding hydrogens is 366 g/mol. The minimum Gasteiger partial charge on any atom is -0.462 e. The summed E-state index contributed by atoms with van der Waals surface area (Å²) in [5, 5.41) is 15.0. The van der Waals surface area contributed by atoms with Gasteiger partial charge in [-0.1, -0.05) is 6.42 Å². The summed E-state index contributed by atoms with van der Waals surface area (Å²) >= 11 is 0. The summed E-state index contributed by atoms with van der Waals surface area (Å²) in [5.74, 6) is -0.978. The number of nitro benzene ring substituents is 1. The van der Waals surface area contributed by atoms with E-state index in [1.165, 1.54) is 30.5 Å². The lowest BCUT2D eigenvalue weighted by molar-refractivity contribution is -0.384. The minimum atomic E-state index is -0.537. The van der Waals surface area contributed by atoms with Gasteiger partial charge in [-0.25, -0.2) is 9.59 Å². The van der Waals surface area contributed by atoms with Crippen LogP contribution in [0.2, 0.25) is 0 Å². The Morgan fingerprint density at radius 2 is 1.89 bits per heavy atom. The van der Waals surface area contributed by atoms with Crippen molar-refractivity contribution in [1.82, 2.24) is 9.78 Å². The summed E-state index contributed by atoms with van der Waals surface area (Å²) in [7, 11) is 0. The maximum atomic E-state index is 12.5. The second-order valence-corrected chi connectivity index (χ2v) is 6.53. The molecule has 0 spiro atoms. The van der Waals surface area contributed by atoms with Gasteiger partial charge in [0.2, 0.25) is 0 Å². The van der Waals surface area contributed by atoms with Crippen molar-refractivity contribution < 1.29 is 24.0 Å². The second-order valence-electron chi connectivity index (χ2n) is 6.53. The maximum absolute atomic E-state index is 12.5. The molecule has 1 aliphatic rings. The van der Waals surface area contributed by atoms with Crippen LogP contribution >= 0.6 is 0 Å². The van der Waals surface area contributed by atoms with Crippen LogP contribution in [0.5, 0.6) is 0 Å². The summed E-state index contributed by atoms with van der Waals surface area (Å²) < 4.78 is 12.3. The number of ether oxygens (including phenoxy) is 2. The van der Waals surface area contributed by atoms with Crippen LogP contribution in [-0.2, 0) is 9.47 Å². The molecule has 3 rings (SSSR count). The number of hydrogen-bond donors (Lipinski definition) is 0. The van der Waals surface area contributed by atoms with Gasteiger partial charge in [-0.3, -0.25) is 14.8 Å². The van der Waals surface area contributed by atoms with E-state index in [2.05, 4.69) is 5.10 Å². The van der Waals surface area contributed by atoms with E-state index >= 15 is 0 Å². The maximum Gasteiger partial charge on any atom is 0.341 e. The van der Waals surface area contributed by atoms with Gasteiger partial charge in [0.1, 0.15) is 6.10 Å². The van der Waals surface area contributed by atoms with Gasteiger partial charge in [-0.05, 0) is 38.3 Å². The number of non-ortho nitro benzene ring substituents is 1. The number of carbonyl (C=O) groups excluding carboxylic acids is 2. The van der Waals surface area contributed by atoms with E-state index < -0.39 is 23.0 Å². The fraction of sp³-hybridized carbons (Fsp3) is 0.421. The molecule has 0 amide bonds. The minimum absolute atomic E-state index is 0.0878. The zero-order valence-corrected chi connectivity index (χ0v) is 15.4. The molecule has 148 valence electrons. The van der Waals surface area contributed by atoms with Crippen LogP contribution in [0.3, 0.4) is 0 Å². The van der Waals surface area contributed by atoms with Crippen molar-refractivity contribution in [2.24, 2.45) is 0 Å². The number of esters is 2. The topological polar surface area (TPSA) is 114 Å². The number of rotatable bonds is 6. The van der Waals surface area contributed by atoms with Crippen molar-refractivity contribution in [1.29, 1.82) is 0 Å². The molecule has 0 bridgehead atoms. The Bertz CT molecular complexity index is 861. The third kappa shape index (κ3) is 4.36. The van der Waals surface area contributed by atoms with Crippen molar-refractivity contribution in [2.75, 3.05) is 6.61 Å². The fourth-order valence-corrected chi connectivity index (χ4v) is 3.28. The normalized spacial score (nSPS) is 19.0. The van der Waals surface area contributed by atoms with Crippen LogP contribution in [0.15, 0.2) is 36.7 Å². The summed E-state index contributed by atoms with van der Waals surface area (Å²) in [5.41, 5.74) is 0.519. The SMILES string of the molecule is CCOC(=O)c1cnn(C2CCCC[C@@H]2OC(=O)c2ccc([N+](=O)[O-])cc2)c1. The molecule has 9 nitrogen and oxygen atoms in total. The Balaban J connectivity index is 1.72. The molecule has 0 aliphatic heterocycles. The number of nitro groups is 1. The molecule has 1 aromatic heterocycles. The molecule has 9 heteroatoms. The zero-order valence-electron chi connectivity index (χ0n) is 15.4. The molecule has 1 aromatic carbocycles. The van der Waals surface area contributed by atoms with Crippen LogP contribution in [0.25, 0.3) is 0 Å². The Hall–Kier alpha value is -3.23. The van der Waals surface area contributed by atoms with Gasteiger partial charge in [-0.15, -0.1) is 0 Å². The largest absolute Gasteiger partial charge is 0.462 e. The molecule has 1 saturated carbocycles. The highest BCUT2D eigenvalue weighted by Crippen LogP contribution is 2.31. The van der Waals surface area contributed by atoms with E-state index in [0.29, 0.717) is 12.0 Å². The van der Waals surface area contributed by atoms with Crippen LogP contribution in [0, 0.1) is 10.1 Å². The molecule has 1 aliphatic carbocycles. The summed E-state index contributed by atoms with van der Waals surface area (Å²) in [6.07, 6.45) is 5.99. The highest BCUT2D eigenvalue weighted by molar-refractivity contribution is 5.90. The molecule has 1 heterocycles. The average molecular weight is 387 g/mol. The van der Waals surface area contributed by atoms with E-state index in [1.807, 2.05) is 0 Å². The molecule has 1 fully saturated rings. The zero-order chi connectivity index (χ0) is 20.1. The third-order valence-electron chi connectivity index (χ3n) is 4.69. The fourth-order valence-electron chi connectivity index (χ4n) is 3.28. The van der Waals surface area contributed by atoms with Crippen molar-refractivity contribution in [3.63, 3.8) is 0 Å². The smallest absolute Gasteiger partial charge is 0.341 e. The standard InChI is InChI=1S/C19H21N3O6/c1-2-27-18(23)14-11-20-21(12-14)16-5-3-4-6-17(16)28-19(24)13-7-9-15(10-8-13)22(25)26/h7-12,16-17H,2-6H2,1H3/t16?,17-/m0/s1. The molecule has 0 saturated heterocycles. The van der Waals surface area contributed by atoms with Gasteiger partial charge in [0, 0.05) is 18.3 Å². The van der Waals surface area contributed by atoms with E-state index in [-0.39, 0.29) is 23.9 Å². The van der Waals surface area contributed by atoms with Gasteiger partial charge in [-0.2, -0.15) is 5.10 Å². The van der Waals surface area contributed by atoms with E-state index in [0.717, 1.165) is 19.3 Å². The highest BCUT2D eigenvalue weighted by Gasteiger charge is 2.31. The first-order valence-electron chi connectivity index (χ1n) is 9.16. The lowest BCUT2D eigenvalue weighted by atomic mass is 9.92. The molecule has 0 radical (unpaired) electrons. The quantitative estimate of drug-likeness (QED) is 0.424. The molecule has 1 unspecified atom stereocenters. The number of aromatic nitrogens is 2. The average Bonchev–Trinajstić information content (AvgIpc) is 3.19. The lowest BCUT2D eigenvalue weighted by Gasteiger charge is -2.31. The van der Waals surface area contributed by atoms with Crippen LogP contribution < -0.4 is 0 Å². The first-order chi connectivity index (χ1) is 13.5. The summed E-state index contributed by atoms with van der Waals surface area (Å²) in [6, 6.07) is 5.12. The Morgan fingerprint density at radius 3 is 2.57 bits per heavy atom. The monoisotopic (exact) mass is 387 g/mol. The number of carbonyl (C=O) groups is 2. The van der Waals surface area contributed by atoms with Gasteiger partial charge in [0.15, 0.2) is 0 Å². The van der Waals surface area contributed by atoms with Crippen molar-refractivity contribution in [3.8, 4) is 0 Å². The molecule has 28 heavy (non-hydrogen) atoms. The van der Waals surface area contributed by atoms with Crippen molar-refractivity contribution >= 4 is 17.6 Å². The predicted molar refractivity (Wildman–Crippen MR) is 98.0 cm³/mol. The van der Waals surface area contributed by atoms with Crippen molar-refractivity contribution in [2.45, 2.75) is 44.8 Å². The number of nitrogens with zero attached hydrogens (tertiary/aromatic N) is 3. The first kappa shape index (κ1) is 19.5. The Kier molecular flexibility index (Phi) is 6.03. The third-order valence-corrected chi connectivity index (χ3v) is 4.69. The van der Waals surface area contributed by atoms with Gasteiger partial charge >= 0.3 is 11.9 Å². The Morgan fingerprint density at radius 1 is 1.18 bits per heavy atom. The van der Waals surface area contributed by atoms with Gasteiger partial charge in [0.05, 0.1) is 34.9 Å². The summed E-state index contributed by atoms with van der Waals surface area (Å²) in [4.78, 5) is 34.5.